The molecule has 0 radical (unpaired) electrons. The van der Waals surface area contributed by atoms with Crippen molar-refractivity contribution in [3.05, 3.63) is 35.7 Å². The Bertz CT molecular complexity index is 942. The second kappa shape index (κ2) is 6.14. The highest BCUT2D eigenvalue weighted by atomic mass is 32.1. The fraction of sp³-hybridized carbons (Fsp3) is 0.444. The Hall–Kier alpha value is -2.32. The molecule has 3 aliphatic heterocycles. The Morgan fingerprint density at radius 1 is 1.35 bits per heavy atom. The van der Waals surface area contributed by atoms with Crippen LogP contribution in [0.2, 0.25) is 0 Å². The van der Waals surface area contributed by atoms with E-state index in [9.17, 15) is 4.79 Å². The second-order valence-electron chi connectivity index (χ2n) is 7.15. The first-order valence-electron chi connectivity index (χ1n) is 8.99. The minimum atomic E-state index is -0.0896. The Morgan fingerprint density at radius 2 is 2.19 bits per heavy atom. The van der Waals surface area contributed by atoms with E-state index in [4.69, 9.17) is 0 Å². The normalized spacial score (nSPS) is 27.7. The summed E-state index contributed by atoms with van der Waals surface area (Å²) >= 11 is 1.59. The second-order valence-corrected chi connectivity index (χ2v) is 8.06. The molecule has 0 spiro atoms. The number of fused-ring (bicyclic) bond motifs is 4. The summed E-state index contributed by atoms with van der Waals surface area (Å²) in [6.45, 7) is 4.52. The molecule has 0 aliphatic carbocycles. The van der Waals surface area contributed by atoms with Crippen LogP contribution in [0.1, 0.15) is 30.3 Å². The van der Waals surface area contributed by atoms with Gasteiger partial charge in [-0.15, -0.1) is 16.4 Å². The van der Waals surface area contributed by atoms with E-state index < -0.39 is 0 Å². The smallest absolute Gasteiger partial charge is 0.270 e. The van der Waals surface area contributed by atoms with Crippen LogP contribution in [0.4, 0.5) is 0 Å². The number of thiophene rings is 1. The predicted octanol–water partition coefficient (Wildman–Crippen LogP) is 2.09. The van der Waals surface area contributed by atoms with E-state index in [0.717, 1.165) is 28.9 Å². The van der Waals surface area contributed by atoms with Gasteiger partial charge in [0.1, 0.15) is 5.69 Å². The molecule has 3 aromatic rings. The molecule has 3 saturated heterocycles. The zero-order valence-electron chi connectivity index (χ0n) is 14.5. The number of hydrogen-bond acceptors (Lipinski definition) is 6. The van der Waals surface area contributed by atoms with Gasteiger partial charge in [-0.25, -0.2) is 9.67 Å². The molecule has 0 saturated carbocycles. The number of pyridine rings is 1. The van der Waals surface area contributed by atoms with Gasteiger partial charge in [0.15, 0.2) is 0 Å². The van der Waals surface area contributed by atoms with E-state index in [0.29, 0.717) is 17.7 Å². The maximum atomic E-state index is 12.9. The summed E-state index contributed by atoms with van der Waals surface area (Å²) in [5.41, 5.74) is 1.39. The van der Waals surface area contributed by atoms with Gasteiger partial charge in [0.05, 0.1) is 22.8 Å². The van der Waals surface area contributed by atoms with Crippen LogP contribution in [-0.2, 0) is 0 Å². The van der Waals surface area contributed by atoms with Crippen molar-refractivity contribution in [1.29, 1.82) is 0 Å². The van der Waals surface area contributed by atoms with E-state index in [-0.39, 0.29) is 11.9 Å². The highest BCUT2D eigenvalue weighted by Gasteiger charge is 2.40. The van der Waals surface area contributed by atoms with E-state index in [2.05, 4.69) is 32.4 Å². The van der Waals surface area contributed by atoms with Gasteiger partial charge in [-0.05, 0) is 44.8 Å². The van der Waals surface area contributed by atoms with Gasteiger partial charge in [-0.3, -0.25) is 9.69 Å². The van der Waals surface area contributed by atoms with Crippen LogP contribution in [0.15, 0.2) is 30.0 Å². The van der Waals surface area contributed by atoms with Gasteiger partial charge in [-0.1, -0.05) is 5.21 Å². The summed E-state index contributed by atoms with van der Waals surface area (Å²) in [6.07, 6.45) is 7.56. The van der Waals surface area contributed by atoms with Crippen LogP contribution < -0.4 is 5.32 Å². The standard InChI is InChI=1S/C18H20N6OS/c1-11-17(12-2-5-23(11)6-3-12)21-18(25)14-8-13-15(24-7-4-20-22-24)10-26-16(13)9-19-14/h4,7-12,17H,2-3,5-6H2,1H3,(H,21,25). The number of amides is 1. The molecular formula is C18H20N6OS. The SMILES string of the molecule is CC1C(NC(=O)c2cc3c(-n4ccnn4)csc3cn2)C2CCN1CC2. The van der Waals surface area contributed by atoms with E-state index in [1.54, 1.807) is 34.6 Å². The molecule has 0 aromatic carbocycles. The monoisotopic (exact) mass is 368 g/mol. The molecule has 6 rings (SSSR count). The van der Waals surface area contributed by atoms with Crippen molar-refractivity contribution < 1.29 is 4.79 Å². The highest BCUT2D eigenvalue weighted by Crippen LogP contribution is 2.32. The van der Waals surface area contributed by atoms with Crippen molar-refractivity contribution in [2.45, 2.75) is 31.8 Å². The van der Waals surface area contributed by atoms with E-state index >= 15 is 0 Å². The molecule has 2 atom stereocenters. The summed E-state index contributed by atoms with van der Waals surface area (Å²) in [4.78, 5) is 19.7. The Morgan fingerprint density at radius 3 is 2.92 bits per heavy atom. The lowest BCUT2D eigenvalue weighted by molar-refractivity contribution is 0.0216. The first-order chi connectivity index (χ1) is 12.7. The Balaban J connectivity index is 1.43. The molecule has 3 aliphatic rings. The fourth-order valence-electron chi connectivity index (χ4n) is 4.33. The number of piperidine rings is 3. The van der Waals surface area contributed by atoms with Gasteiger partial charge >= 0.3 is 0 Å². The number of nitrogens with zero attached hydrogens (tertiary/aromatic N) is 5. The average Bonchev–Trinajstić information content (AvgIpc) is 3.33. The predicted molar refractivity (Wildman–Crippen MR) is 99.6 cm³/mol. The number of carbonyl (C=O) groups excluding carboxylic acids is 1. The first kappa shape index (κ1) is 15.9. The molecule has 2 unspecified atom stereocenters. The van der Waals surface area contributed by atoms with Crippen molar-refractivity contribution in [2.24, 2.45) is 5.92 Å². The highest BCUT2D eigenvalue weighted by molar-refractivity contribution is 7.17. The van der Waals surface area contributed by atoms with Crippen LogP contribution >= 0.6 is 11.3 Å². The third-order valence-electron chi connectivity index (χ3n) is 5.82. The van der Waals surface area contributed by atoms with Crippen LogP contribution in [0, 0.1) is 5.92 Å². The minimum absolute atomic E-state index is 0.0896. The largest absolute Gasteiger partial charge is 0.346 e. The molecule has 2 bridgehead atoms. The molecule has 1 N–H and O–H groups in total. The van der Waals surface area contributed by atoms with Crippen LogP contribution in [-0.4, -0.2) is 56.0 Å². The van der Waals surface area contributed by atoms with Gasteiger partial charge in [0.2, 0.25) is 0 Å². The van der Waals surface area contributed by atoms with Crippen molar-refractivity contribution in [1.82, 2.24) is 30.2 Å². The Kier molecular flexibility index (Phi) is 3.75. The van der Waals surface area contributed by atoms with Crippen LogP contribution in [0.5, 0.6) is 0 Å². The number of aromatic nitrogens is 4. The lowest BCUT2D eigenvalue weighted by Crippen LogP contribution is -2.62. The zero-order chi connectivity index (χ0) is 17.7. The van der Waals surface area contributed by atoms with Crippen molar-refractivity contribution in [2.75, 3.05) is 13.1 Å². The van der Waals surface area contributed by atoms with Gasteiger partial charge in [-0.2, -0.15) is 0 Å². The molecule has 26 heavy (non-hydrogen) atoms. The maximum absolute atomic E-state index is 12.9. The third kappa shape index (κ3) is 2.52. The molecule has 7 nitrogen and oxygen atoms in total. The van der Waals surface area contributed by atoms with Gasteiger partial charge in [0, 0.05) is 29.0 Å². The summed E-state index contributed by atoms with van der Waals surface area (Å²) in [5.74, 6) is 0.489. The topological polar surface area (TPSA) is 75.9 Å². The molecular weight excluding hydrogens is 348 g/mol. The number of rotatable bonds is 3. The number of hydrogen-bond donors (Lipinski definition) is 1. The van der Waals surface area contributed by atoms with E-state index in [1.807, 2.05) is 11.4 Å². The van der Waals surface area contributed by atoms with Crippen molar-refractivity contribution in [3.8, 4) is 5.69 Å². The van der Waals surface area contributed by atoms with Gasteiger partial charge in [0.25, 0.3) is 5.91 Å². The number of carbonyl (C=O) groups is 1. The zero-order valence-corrected chi connectivity index (χ0v) is 15.3. The molecule has 1 amide bonds. The van der Waals surface area contributed by atoms with Crippen molar-refractivity contribution in [3.63, 3.8) is 0 Å². The van der Waals surface area contributed by atoms with Crippen LogP contribution in [0.25, 0.3) is 15.8 Å². The Labute approximate surface area is 155 Å². The molecule has 3 aromatic heterocycles. The molecule has 3 fully saturated rings. The average molecular weight is 368 g/mol. The summed E-state index contributed by atoms with van der Waals surface area (Å²) in [5, 5.41) is 14.2. The lowest BCUT2D eigenvalue weighted by Gasteiger charge is -2.49. The quantitative estimate of drug-likeness (QED) is 0.766. The molecule has 134 valence electrons. The van der Waals surface area contributed by atoms with Gasteiger partial charge < -0.3 is 5.32 Å². The van der Waals surface area contributed by atoms with Crippen LogP contribution in [0.3, 0.4) is 0 Å². The molecule has 8 heteroatoms. The lowest BCUT2D eigenvalue weighted by atomic mass is 9.79. The summed E-state index contributed by atoms with van der Waals surface area (Å²) in [6, 6.07) is 2.46. The number of nitrogens with one attached hydrogen (secondary N) is 1. The fourth-order valence-corrected chi connectivity index (χ4v) is 5.21. The minimum Gasteiger partial charge on any atom is -0.346 e. The van der Waals surface area contributed by atoms with E-state index in [1.165, 1.54) is 12.8 Å². The summed E-state index contributed by atoms with van der Waals surface area (Å²) in [7, 11) is 0. The molecule has 6 heterocycles. The first-order valence-corrected chi connectivity index (χ1v) is 9.87. The summed E-state index contributed by atoms with van der Waals surface area (Å²) < 4.78 is 2.75. The maximum Gasteiger partial charge on any atom is 0.270 e. The van der Waals surface area contributed by atoms with Crippen molar-refractivity contribution >= 4 is 27.3 Å². The third-order valence-corrected chi connectivity index (χ3v) is 6.74.